The van der Waals surface area contributed by atoms with E-state index in [1.165, 1.54) is 12.8 Å². The minimum absolute atomic E-state index is 0.180. The summed E-state index contributed by atoms with van der Waals surface area (Å²) in [4.78, 5) is 17.9. The van der Waals surface area contributed by atoms with E-state index in [9.17, 15) is 4.79 Å². The molecule has 0 radical (unpaired) electrons. The highest BCUT2D eigenvalue weighted by molar-refractivity contribution is 5.98. The van der Waals surface area contributed by atoms with Crippen LogP contribution in [0.15, 0.2) is 30.5 Å². The van der Waals surface area contributed by atoms with E-state index in [4.69, 9.17) is 0 Å². The van der Waals surface area contributed by atoms with E-state index in [1.54, 1.807) is 0 Å². The lowest BCUT2D eigenvalue weighted by Crippen LogP contribution is -2.42. The van der Waals surface area contributed by atoms with Crippen LogP contribution in [0.5, 0.6) is 0 Å². The molecule has 1 amide bonds. The Morgan fingerprint density at radius 1 is 1.19 bits per heavy atom. The number of H-pyrrole nitrogens is 1. The number of nitrogens with one attached hydrogen (secondary N) is 1. The first-order chi connectivity index (χ1) is 10.2. The van der Waals surface area contributed by atoms with Crippen LogP contribution in [0.25, 0.3) is 10.9 Å². The van der Waals surface area contributed by atoms with Crippen molar-refractivity contribution in [3.63, 3.8) is 0 Å². The van der Waals surface area contributed by atoms with E-state index in [0.29, 0.717) is 5.41 Å². The molecular formula is C18H24N2O. The number of carbonyl (C=O) groups excluding carboxylic acids is 1. The van der Waals surface area contributed by atoms with Gasteiger partial charge in [-0.2, -0.15) is 0 Å². The molecule has 0 saturated carbocycles. The van der Waals surface area contributed by atoms with E-state index in [2.05, 4.69) is 18.8 Å². The van der Waals surface area contributed by atoms with Crippen LogP contribution in [0.1, 0.15) is 49.9 Å². The number of rotatable bonds is 3. The van der Waals surface area contributed by atoms with Crippen molar-refractivity contribution in [2.45, 2.75) is 39.5 Å². The molecule has 0 spiro atoms. The quantitative estimate of drug-likeness (QED) is 0.900. The average Bonchev–Trinajstić information content (AvgIpc) is 3.02. The molecule has 3 nitrogen and oxygen atoms in total. The maximum Gasteiger partial charge on any atom is 0.253 e. The Hall–Kier alpha value is -1.77. The number of carbonyl (C=O) groups is 1. The van der Waals surface area contributed by atoms with Crippen LogP contribution >= 0.6 is 0 Å². The third-order valence-corrected chi connectivity index (χ3v) is 5.41. The normalized spacial score (nSPS) is 18.1. The highest BCUT2D eigenvalue weighted by Crippen LogP contribution is 2.38. The number of hydrogen-bond acceptors (Lipinski definition) is 1. The van der Waals surface area contributed by atoms with Gasteiger partial charge >= 0.3 is 0 Å². The van der Waals surface area contributed by atoms with Crippen molar-refractivity contribution in [3.8, 4) is 0 Å². The molecule has 21 heavy (non-hydrogen) atoms. The van der Waals surface area contributed by atoms with Gasteiger partial charge in [0.25, 0.3) is 5.91 Å². The minimum atomic E-state index is 0.180. The van der Waals surface area contributed by atoms with E-state index in [-0.39, 0.29) is 5.91 Å². The molecule has 1 saturated heterocycles. The molecule has 2 aromatic rings. The van der Waals surface area contributed by atoms with Crippen molar-refractivity contribution >= 4 is 16.8 Å². The molecule has 3 heteroatoms. The van der Waals surface area contributed by atoms with Crippen LogP contribution < -0.4 is 0 Å². The maximum atomic E-state index is 12.7. The Balaban J connectivity index is 1.74. The smallest absolute Gasteiger partial charge is 0.253 e. The second kappa shape index (κ2) is 5.55. The maximum absolute atomic E-state index is 12.7. The van der Waals surface area contributed by atoms with E-state index in [0.717, 1.165) is 42.4 Å². The second-order valence-corrected chi connectivity index (χ2v) is 6.28. The SMILES string of the molecule is CCC1(CC)CCN(C(=O)c2ccc3[nH]ccc3c2)CC1. The lowest BCUT2D eigenvalue weighted by Gasteiger charge is -2.41. The minimum Gasteiger partial charge on any atom is -0.361 e. The fourth-order valence-electron chi connectivity index (χ4n) is 3.51. The number of nitrogens with zero attached hydrogens (tertiary/aromatic N) is 1. The number of hydrogen-bond donors (Lipinski definition) is 1. The van der Waals surface area contributed by atoms with E-state index >= 15 is 0 Å². The van der Waals surface area contributed by atoms with Crippen molar-refractivity contribution in [1.29, 1.82) is 0 Å². The molecule has 1 aromatic heterocycles. The Bertz CT molecular complexity index is 629. The summed E-state index contributed by atoms with van der Waals surface area (Å²) in [6.45, 7) is 6.35. The molecule has 0 unspecified atom stereocenters. The Kier molecular flexibility index (Phi) is 3.75. The summed E-state index contributed by atoms with van der Waals surface area (Å²) in [5.74, 6) is 0.180. The fraction of sp³-hybridized carbons (Fsp3) is 0.500. The molecular weight excluding hydrogens is 260 g/mol. The summed E-state index contributed by atoms with van der Waals surface area (Å²) in [7, 11) is 0. The third-order valence-electron chi connectivity index (χ3n) is 5.41. The summed E-state index contributed by atoms with van der Waals surface area (Å²) >= 11 is 0. The number of likely N-dealkylation sites (tertiary alicyclic amines) is 1. The first-order valence-electron chi connectivity index (χ1n) is 8.04. The number of benzene rings is 1. The lowest BCUT2D eigenvalue weighted by atomic mass is 9.74. The van der Waals surface area contributed by atoms with Gasteiger partial charge in [0, 0.05) is 35.8 Å². The molecule has 1 fully saturated rings. The van der Waals surface area contributed by atoms with Gasteiger partial charge in [0.2, 0.25) is 0 Å². The summed E-state index contributed by atoms with van der Waals surface area (Å²) in [5, 5.41) is 1.11. The van der Waals surface area contributed by atoms with Crippen molar-refractivity contribution in [2.75, 3.05) is 13.1 Å². The second-order valence-electron chi connectivity index (χ2n) is 6.28. The lowest BCUT2D eigenvalue weighted by molar-refractivity contribution is 0.0558. The summed E-state index contributed by atoms with van der Waals surface area (Å²) in [6.07, 6.45) is 6.63. The zero-order chi connectivity index (χ0) is 14.9. The molecule has 112 valence electrons. The summed E-state index contributed by atoms with van der Waals surface area (Å²) in [5.41, 5.74) is 2.35. The highest BCUT2D eigenvalue weighted by atomic mass is 16.2. The van der Waals surface area contributed by atoms with Gasteiger partial charge in [-0.3, -0.25) is 4.79 Å². The van der Waals surface area contributed by atoms with Gasteiger partial charge in [-0.05, 0) is 42.5 Å². The standard InChI is InChI=1S/C18H24N2O/c1-3-18(4-2)8-11-20(12-9-18)17(21)15-5-6-16-14(13-15)7-10-19-16/h5-7,10,13,19H,3-4,8-9,11-12H2,1-2H3. The third kappa shape index (κ3) is 2.57. The largest absolute Gasteiger partial charge is 0.361 e. The van der Waals surface area contributed by atoms with Gasteiger partial charge in [-0.1, -0.05) is 26.7 Å². The monoisotopic (exact) mass is 284 g/mol. The molecule has 3 rings (SSSR count). The van der Waals surface area contributed by atoms with Crippen LogP contribution in [-0.2, 0) is 0 Å². The van der Waals surface area contributed by atoms with Gasteiger partial charge < -0.3 is 9.88 Å². The van der Waals surface area contributed by atoms with Crippen molar-refractivity contribution in [3.05, 3.63) is 36.0 Å². The number of amides is 1. The van der Waals surface area contributed by atoms with Crippen LogP contribution in [0.4, 0.5) is 0 Å². The predicted octanol–water partition coefficient (Wildman–Crippen LogP) is 4.21. The van der Waals surface area contributed by atoms with Crippen LogP contribution in [0.2, 0.25) is 0 Å². The van der Waals surface area contributed by atoms with Gasteiger partial charge in [0.1, 0.15) is 0 Å². The fourth-order valence-corrected chi connectivity index (χ4v) is 3.51. The Morgan fingerprint density at radius 3 is 2.57 bits per heavy atom. The topological polar surface area (TPSA) is 36.1 Å². The zero-order valence-electron chi connectivity index (χ0n) is 13.0. The van der Waals surface area contributed by atoms with Crippen LogP contribution in [-0.4, -0.2) is 28.9 Å². The first kappa shape index (κ1) is 14.2. The molecule has 2 heterocycles. The first-order valence-corrected chi connectivity index (χ1v) is 8.04. The zero-order valence-corrected chi connectivity index (χ0v) is 13.0. The summed E-state index contributed by atoms with van der Waals surface area (Å²) < 4.78 is 0. The van der Waals surface area contributed by atoms with Crippen molar-refractivity contribution in [1.82, 2.24) is 9.88 Å². The average molecular weight is 284 g/mol. The van der Waals surface area contributed by atoms with Gasteiger partial charge in [0.05, 0.1) is 0 Å². The molecule has 1 aliphatic rings. The highest BCUT2D eigenvalue weighted by Gasteiger charge is 2.33. The Labute approximate surface area is 126 Å². The molecule has 0 atom stereocenters. The van der Waals surface area contributed by atoms with Crippen LogP contribution in [0.3, 0.4) is 0 Å². The van der Waals surface area contributed by atoms with Crippen molar-refractivity contribution in [2.24, 2.45) is 5.41 Å². The Morgan fingerprint density at radius 2 is 1.90 bits per heavy atom. The molecule has 0 bridgehead atoms. The van der Waals surface area contributed by atoms with Gasteiger partial charge in [0.15, 0.2) is 0 Å². The summed E-state index contributed by atoms with van der Waals surface area (Å²) in [6, 6.07) is 7.94. The number of fused-ring (bicyclic) bond motifs is 1. The predicted molar refractivity (Wildman–Crippen MR) is 86.5 cm³/mol. The number of aromatic nitrogens is 1. The number of aromatic amines is 1. The van der Waals surface area contributed by atoms with Crippen molar-refractivity contribution < 1.29 is 4.79 Å². The van der Waals surface area contributed by atoms with E-state index in [1.807, 2.05) is 35.4 Å². The number of piperidine rings is 1. The van der Waals surface area contributed by atoms with Gasteiger partial charge in [-0.15, -0.1) is 0 Å². The molecule has 1 aliphatic heterocycles. The molecule has 1 N–H and O–H groups in total. The van der Waals surface area contributed by atoms with Crippen LogP contribution in [0, 0.1) is 5.41 Å². The molecule has 0 aliphatic carbocycles. The van der Waals surface area contributed by atoms with E-state index < -0.39 is 0 Å². The van der Waals surface area contributed by atoms with Gasteiger partial charge in [-0.25, -0.2) is 0 Å². The molecule has 1 aromatic carbocycles.